The summed E-state index contributed by atoms with van der Waals surface area (Å²) >= 11 is 12.1. The van der Waals surface area contributed by atoms with E-state index in [2.05, 4.69) is 0 Å². The number of aliphatic hydroxyl groups excluding tert-OH is 1. The van der Waals surface area contributed by atoms with Crippen LogP contribution in [0.1, 0.15) is 31.9 Å². The van der Waals surface area contributed by atoms with Crippen molar-refractivity contribution >= 4 is 23.2 Å². The van der Waals surface area contributed by atoms with Crippen LogP contribution in [0.4, 0.5) is 0 Å². The molecule has 0 saturated carbocycles. The summed E-state index contributed by atoms with van der Waals surface area (Å²) in [5.41, 5.74) is 0.590. The first-order valence-corrected chi connectivity index (χ1v) is 6.05. The molecule has 2 N–H and O–H groups in total. The van der Waals surface area contributed by atoms with E-state index in [1.165, 1.54) is 13.8 Å². The summed E-state index contributed by atoms with van der Waals surface area (Å²) in [6.45, 7) is 2.95. The highest BCUT2D eigenvalue weighted by molar-refractivity contribution is 6.36. The summed E-state index contributed by atoms with van der Waals surface area (Å²) in [6, 6.07) is 5.12. The van der Waals surface area contributed by atoms with Crippen LogP contribution in [-0.4, -0.2) is 22.6 Å². The molecule has 17 heavy (non-hydrogen) atoms. The highest BCUT2D eigenvalue weighted by Crippen LogP contribution is 2.35. The number of ether oxygens (including phenoxy) is 1. The van der Waals surface area contributed by atoms with E-state index in [-0.39, 0.29) is 6.61 Å². The summed E-state index contributed by atoms with van der Waals surface area (Å²) in [6.07, 6.45) is -0.228. The zero-order chi connectivity index (χ0) is 13.1. The maximum Gasteiger partial charge on any atom is 0.160 e. The van der Waals surface area contributed by atoms with Gasteiger partial charge in [0.25, 0.3) is 0 Å². The third kappa shape index (κ3) is 4.45. The Bertz CT molecular complexity index is 354. The highest BCUT2D eigenvalue weighted by Gasteiger charge is 2.25. The third-order valence-corrected chi connectivity index (χ3v) is 2.80. The van der Waals surface area contributed by atoms with Gasteiger partial charge in [0.05, 0.1) is 6.10 Å². The Labute approximate surface area is 111 Å². The second-order valence-electron chi connectivity index (χ2n) is 4.20. The molecule has 0 aliphatic rings. The molecule has 0 spiro atoms. The van der Waals surface area contributed by atoms with Gasteiger partial charge in [-0.1, -0.05) is 29.3 Å². The normalized spacial score (nSPS) is 13.8. The molecule has 0 radical (unpaired) electrons. The zero-order valence-electron chi connectivity index (χ0n) is 9.78. The van der Waals surface area contributed by atoms with Gasteiger partial charge >= 0.3 is 0 Å². The Morgan fingerprint density at radius 2 is 1.82 bits per heavy atom. The molecule has 96 valence electrons. The fourth-order valence-electron chi connectivity index (χ4n) is 1.55. The van der Waals surface area contributed by atoms with Gasteiger partial charge in [0.1, 0.15) is 0 Å². The van der Waals surface area contributed by atoms with Gasteiger partial charge < -0.3 is 14.9 Å². The van der Waals surface area contributed by atoms with Gasteiger partial charge in [0, 0.05) is 28.6 Å². The van der Waals surface area contributed by atoms with E-state index in [9.17, 15) is 5.11 Å². The lowest BCUT2D eigenvalue weighted by atomic mass is 10.1. The monoisotopic (exact) mass is 278 g/mol. The van der Waals surface area contributed by atoms with E-state index < -0.39 is 11.9 Å². The van der Waals surface area contributed by atoms with Gasteiger partial charge in [-0.25, -0.2) is 0 Å². The fourth-order valence-corrected chi connectivity index (χ4v) is 2.19. The minimum Gasteiger partial charge on any atom is -0.396 e. The van der Waals surface area contributed by atoms with E-state index in [4.69, 9.17) is 33.0 Å². The van der Waals surface area contributed by atoms with Crippen LogP contribution < -0.4 is 0 Å². The first-order valence-electron chi connectivity index (χ1n) is 5.30. The van der Waals surface area contributed by atoms with Crippen LogP contribution in [-0.2, 0) is 4.74 Å². The zero-order valence-corrected chi connectivity index (χ0v) is 11.3. The lowest BCUT2D eigenvalue weighted by Gasteiger charge is -2.27. The molecule has 0 fully saturated rings. The van der Waals surface area contributed by atoms with Gasteiger partial charge in [-0.15, -0.1) is 0 Å². The lowest BCUT2D eigenvalue weighted by molar-refractivity contribution is -0.210. The molecule has 1 aromatic rings. The third-order valence-electron chi connectivity index (χ3n) is 2.14. The topological polar surface area (TPSA) is 49.7 Å². The minimum atomic E-state index is -1.32. The SMILES string of the molecule is CC(C)(O)OC(CCO)c1c(Cl)cccc1Cl. The van der Waals surface area contributed by atoms with Crippen molar-refractivity contribution in [3.8, 4) is 0 Å². The Balaban J connectivity index is 3.05. The predicted molar refractivity (Wildman–Crippen MR) is 68.3 cm³/mol. The Morgan fingerprint density at radius 1 is 1.29 bits per heavy atom. The summed E-state index contributed by atoms with van der Waals surface area (Å²) in [5, 5.41) is 19.6. The number of rotatable bonds is 5. The van der Waals surface area contributed by atoms with Crippen molar-refractivity contribution in [1.82, 2.24) is 0 Å². The molecule has 0 aliphatic heterocycles. The van der Waals surface area contributed by atoms with Crippen LogP contribution in [0.5, 0.6) is 0 Å². The molecule has 3 nitrogen and oxygen atoms in total. The number of aliphatic hydroxyl groups is 2. The summed E-state index contributed by atoms with van der Waals surface area (Å²) < 4.78 is 5.45. The molecule has 5 heteroatoms. The van der Waals surface area contributed by atoms with Crippen LogP contribution in [0.15, 0.2) is 18.2 Å². The first kappa shape index (κ1) is 14.7. The minimum absolute atomic E-state index is 0.0811. The number of hydrogen-bond acceptors (Lipinski definition) is 3. The second kappa shape index (κ2) is 6.03. The predicted octanol–water partition coefficient (Wildman–Crippen LogP) is 3.16. The maximum atomic E-state index is 9.67. The fraction of sp³-hybridized carbons (Fsp3) is 0.500. The Hall–Kier alpha value is -0.320. The molecule has 0 amide bonds. The summed E-state index contributed by atoms with van der Waals surface area (Å²) in [7, 11) is 0. The molecule has 0 saturated heterocycles. The van der Waals surface area contributed by atoms with Crippen molar-refractivity contribution in [3.05, 3.63) is 33.8 Å². The van der Waals surface area contributed by atoms with E-state index in [1.54, 1.807) is 18.2 Å². The van der Waals surface area contributed by atoms with Crippen molar-refractivity contribution < 1.29 is 14.9 Å². The first-order chi connectivity index (χ1) is 7.85. The van der Waals surface area contributed by atoms with Gasteiger partial charge in [-0.05, 0) is 26.0 Å². The van der Waals surface area contributed by atoms with Crippen LogP contribution in [0, 0.1) is 0 Å². The summed E-state index contributed by atoms with van der Waals surface area (Å²) in [5.74, 6) is -1.32. The average Bonchev–Trinajstić information content (AvgIpc) is 2.15. The van der Waals surface area contributed by atoms with Gasteiger partial charge in [-0.3, -0.25) is 0 Å². The molecule has 0 aliphatic carbocycles. The van der Waals surface area contributed by atoms with Crippen molar-refractivity contribution in [2.24, 2.45) is 0 Å². The van der Waals surface area contributed by atoms with E-state index in [1.807, 2.05) is 0 Å². The molecule has 1 unspecified atom stereocenters. The summed E-state index contributed by atoms with van der Waals surface area (Å²) in [4.78, 5) is 0. The van der Waals surface area contributed by atoms with Gasteiger partial charge in [-0.2, -0.15) is 0 Å². The van der Waals surface area contributed by atoms with Crippen LogP contribution >= 0.6 is 23.2 Å². The smallest absolute Gasteiger partial charge is 0.160 e. The molecular formula is C12H16Cl2O3. The Morgan fingerprint density at radius 3 is 2.24 bits per heavy atom. The molecule has 1 aromatic carbocycles. The second-order valence-corrected chi connectivity index (χ2v) is 5.02. The van der Waals surface area contributed by atoms with Crippen molar-refractivity contribution in [3.63, 3.8) is 0 Å². The Kier molecular flexibility index (Phi) is 5.22. The van der Waals surface area contributed by atoms with Gasteiger partial charge in [0.2, 0.25) is 0 Å². The maximum absolute atomic E-state index is 9.67. The number of benzene rings is 1. The van der Waals surface area contributed by atoms with Crippen LogP contribution in [0.3, 0.4) is 0 Å². The number of hydrogen-bond donors (Lipinski definition) is 2. The molecule has 0 bridgehead atoms. The van der Waals surface area contributed by atoms with Gasteiger partial charge in [0.15, 0.2) is 5.79 Å². The molecule has 0 heterocycles. The van der Waals surface area contributed by atoms with E-state index in [0.717, 1.165) is 0 Å². The van der Waals surface area contributed by atoms with E-state index in [0.29, 0.717) is 22.0 Å². The quantitative estimate of drug-likeness (QED) is 0.814. The molecular weight excluding hydrogens is 263 g/mol. The van der Waals surface area contributed by atoms with Crippen molar-refractivity contribution in [2.45, 2.75) is 32.2 Å². The molecule has 0 aromatic heterocycles. The highest BCUT2D eigenvalue weighted by atomic mass is 35.5. The largest absolute Gasteiger partial charge is 0.396 e. The van der Waals surface area contributed by atoms with Crippen LogP contribution in [0.25, 0.3) is 0 Å². The van der Waals surface area contributed by atoms with E-state index >= 15 is 0 Å². The molecule has 1 atom stereocenters. The molecule has 1 rings (SSSR count). The standard InChI is InChI=1S/C12H16Cl2O3/c1-12(2,16)17-10(6-7-15)11-8(13)4-3-5-9(11)14/h3-5,10,15-16H,6-7H2,1-2H3. The van der Waals surface area contributed by atoms with Crippen molar-refractivity contribution in [1.29, 1.82) is 0 Å². The average molecular weight is 279 g/mol. The van der Waals surface area contributed by atoms with Crippen molar-refractivity contribution in [2.75, 3.05) is 6.61 Å². The van der Waals surface area contributed by atoms with Crippen LogP contribution in [0.2, 0.25) is 10.0 Å². The number of halogens is 2. The lowest BCUT2D eigenvalue weighted by Crippen LogP contribution is -2.26.